The summed E-state index contributed by atoms with van der Waals surface area (Å²) in [4.78, 5) is 12.4. The summed E-state index contributed by atoms with van der Waals surface area (Å²) < 4.78 is 12.2. The molecule has 0 saturated carbocycles. The number of para-hydroxylation sites is 1. The number of fused-ring (bicyclic) bond motifs is 2. The molecular weight excluding hydrogens is 386 g/mol. The number of ether oxygens (including phenoxy) is 2. The van der Waals surface area contributed by atoms with E-state index in [9.17, 15) is 4.79 Å². The third-order valence-electron chi connectivity index (χ3n) is 7.41. The lowest BCUT2D eigenvalue weighted by atomic mass is 9.56. The topological polar surface area (TPSA) is 47.6 Å². The third-order valence-corrected chi connectivity index (χ3v) is 7.41. The highest BCUT2D eigenvalue weighted by molar-refractivity contribution is 5.84. The fraction of sp³-hybridized carbons (Fsp3) is 0.444. The first-order chi connectivity index (χ1) is 15.0. The van der Waals surface area contributed by atoms with Crippen LogP contribution in [0.3, 0.4) is 0 Å². The molecule has 164 valence electrons. The van der Waals surface area contributed by atoms with Gasteiger partial charge < -0.3 is 9.47 Å². The summed E-state index contributed by atoms with van der Waals surface area (Å²) in [5.74, 6) is 1.03. The minimum absolute atomic E-state index is 0.193. The molecule has 1 aliphatic carbocycles. The van der Waals surface area contributed by atoms with Crippen molar-refractivity contribution in [2.24, 2.45) is 23.2 Å². The van der Waals surface area contributed by atoms with Gasteiger partial charge in [-0.2, -0.15) is 0 Å². The Morgan fingerprint density at radius 1 is 1.10 bits per heavy atom. The zero-order valence-corrected chi connectivity index (χ0v) is 18.7. The first-order valence-electron chi connectivity index (χ1n) is 11.3. The van der Waals surface area contributed by atoms with Crippen molar-refractivity contribution in [2.45, 2.75) is 39.7 Å². The molecule has 1 amide bonds. The summed E-state index contributed by atoms with van der Waals surface area (Å²) in [6, 6.07) is 20.0. The quantitative estimate of drug-likeness (QED) is 0.575. The van der Waals surface area contributed by atoms with Crippen LogP contribution < -0.4 is 5.32 Å². The summed E-state index contributed by atoms with van der Waals surface area (Å²) >= 11 is 0. The number of carbonyl (C=O) groups is 1. The van der Waals surface area contributed by atoms with Crippen molar-refractivity contribution < 1.29 is 14.3 Å². The maximum absolute atomic E-state index is 12.4. The van der Waals surface area contributed by atoms with E-state index in [0.717, 1.165) is 18.5 Å². The lowest BCUT2D eigenvalue weighted by Crippen LogP contribution is -2.57. The molecule has 1 heterocycles. The summed E-state index contributed by atoms with van der Waals surface area (Å²) in [6.07, 6.45) is 4.19. The predicted molar refractivity (Wildman–Crippen MR) is 124 cm³/mol. The molecule has 31 heavy (non-hydrogen) atoms. The molecule has 3 unspecified atom stereocenters. The number of carbonyl (C=O) groups excluding carboxylic acids is 1. The van der Waals surface area contributed by atoms with Crippen molar-refractivity contribution in [3.8, 4) is 0 Å². The Hall–Kier alpha value is -2.59. The van der Waals surface area contributed by atoms with E-state index in [4.69, 9.17) is 9.47 Å². The van der Waals surface area contributed by atoms with Crippen molar-refractivity contribution in [3.63, 3.8) is 0 Å². The van der Waals surface area contributed by atoms with Crippen molar-refractivity contribution in [3.05, 3.63) is 77.9 Å². The van der Waals surface area contributed by atoms with Gasteiger partial charge in [0.05, 0.1) is 12.7 Å². The molecule has 0 spiro atoms. The maximum atomic E-state index is 12.4. The van der Waals surface area contributed by atoms with Gasteiger partial charge >= 0.3 is 6.09 Å². The summed E-state index contributed by atoms with van der Waals surface area (Å²) in [5, 5.41) is 2.82. The number of hydrogen-bond donors (Lipinski definition) is 1. The molecule has 5 atom stereocenters. The molecule has 0 radical (unpaired) electrons. The van der Waals surface area contributed by atoms with Crippen LogP contribution in [0.15, 0.2) is 72.3 Å². The van der Waals surface area contributed by atoms with Crippen molar-refractivity contribution in [1.82, 2.24) is 0 Å². The molecule has 4 nitrogen and oxygen atoms in total. The van der Waals surface area contributed by atoms with Crippen LogP contribution in [0.4, 0.5) is 10.5 Å². The zero-order chi connectivity index (χ0) is 21.8. The normalized spacial score (nSPS) is 29.7. The fourth-order valence-electron chi connectivity index (χ4n) is 5.48. The molecule has 2 aliphatic rings. The minimum Gasteiger partial charge on any atom is -0.449 e. The molecule has 1 N–H and O–H groups in total. The smallest absolute Gasteiger partial charge is 0.411 e. The van der Waals surface area contributed by atoms with Crippen LogP contribution in [0.1, 0.15) is 32.8 Å². The van der Waals surface area contributed by atoms with Gasteiger partial charge in [0.1, 0.15) is 6.61 Å². The van der Waals surface area contributed by atoms with Gasteiger partial charge in [0.15, 0.2) is 0 Å². The van der Waals surface area contributed by atoms with Crippen molar-refractivity contribution >= 4 is 11.8 Å². The highest BCUT2D eigenvalue weighted by atomic mass is 16.6. The van der Waals surface area contributed by atoms with Crippen LogP contribution in [0, 0.1) is 23.2 Å². The number of nitrogens with one attached hydrogen (secondary N) is 1. The lowest BCUT2D eigenvalue weighted by Gasteiger charge is -2.55. The average Bonchev–Trinajstić information content (AvgIpc) is 2.77. The van der Waals surface area contributed by atoms with Gasteiger partial charge in [-0.1, -0.05) is 74.0 Å². The Morgan fingerprint density at radius 3 is 2.48 bits per heavy atom. The van der Waals surface area contributed by atoms with Crippen LogP contribution in [-0.2, 0) is 15.9 Å². The number of anilines is 1. The van der Waals surface area contributed by atoms with Crippen LogP contribution in [-0.4, -0.2) is 25.4 Å². The van der Waals surface area contributed by atoms with Gasteiger partial charge in [-0.3, -0.25) is 5.32 Å². The molecular formula is C27H33NO3. The Morgan fingerprint density at radius 2 is 1.77 bits per heavy atom. The van der Waals surface area contributed by atoms with E-state index in [1.165, 1.54) is 11.1 Å². The van der Waals surface area contributed by atoms with Crippen molar-refractivity contribution in [2.75, 3.05) is 18.5 Å². The van der Waals surface area contributed by atoms with Gasteiger partial charge in [-0.15, -0.1) is 0 Å². The SMILES string of the molecule is CC1=CC(C)[C@]2(COC(=O)Nc3ccccc3)COC(CCc3ccccc3)C1[C@H]2C. The number of hydrogen-bond acceptors (Lipinski definition) is 3. The monoisotopic (exact) mass is 419 g/mol. The Balaban J connectivity index is 1.43. The third kappa shape index (κ3) is 4.54. The zero-order valence-electron chi connectivity index (χ0n) is 18.7. The second kappa shape index (κ2) is 9.27. The van der Waals surface area contributed by atoms with Crippen LogP contribution in [0.2, 0.25) is 0 Å². The van der Waals surface area contributed by atoms with E-state index >= 15 is 0 Å². The molecule has 1 saturated heterocycles. The summed E-state index contributed by atoms with van der Waals surface area (Å²) in [7, 11) is 0. The van der Waals surface area contributed by atoms with E-state index in [2.05, 4.69) is 62.5 Å². The van der Waals surface area contributed by atoms with Crippen LogP contribution >= 0.6 is 0 Å². The first-order valence-corrected chi connectivity index (χ1v) is 11.3. The summed E-state index contributed by atoms with van der Waals surface area (Å²) in [6.45, 7) is 7.75. The maximum Gasteiger partial charge on any atom is 0.411 e. The first kappa shape index (κ1) is 21.6. The Labute approximate surface area is 185 Å². The number of benzene rings is 2. The molecule has 4 heteroatoms. The number of rotatable bonds is 6. The van der Waals surface area contributed by atoms with E-state index in [1.54, 1.807) is 0 Å². The van der Waals surface area contributed by atoms with Gasteiger partial charge in [0.2, 0.25) is 0 Å². The molecule has 2 aromatic carbocycles. The summed E-state index contributed by atoms with van der Waals surface area (Å²) in [5.41, 5.74) is 3.30. The standard InChI is InChI=1S/C27H33NO3/c1-19-16-20(2)27(18-31-26(29)28-23-12-8-5-9-13-23)17-30-24(25(19)21(27)3)15-14-22-10-6-4-7-11-22/h4-13,16,20-21,24-25H,14-15,17-18H2,1-3H3,(H,28,29)/t20?,21-,24?,25?,27-/m1/s1. The van der Waals surface area contributed by atoms with Crippen LogP contribution in [0.5, 0.6) is 0 Å². The second-order valence-corrected chi connectivity index (χ2v) is 9.19. The Kier molecular flexibility index (Phi) is 6.47. The van der Waals surface area contributed by atoms with E-state index in [1.807, 2.05) is 30.3 Å². The van der Waals surface area contributed by atoms with E-state index in [0.29, 0.717) is 31.0 Å². The molecule has 2 aromatic rings. The fourth-order valence-corrected chi connectivity index (χ4v) is 5.48. The molecule has 4 rings (SSSR count). The van der Waals surface area contributed by atoms with Crippen LogP contribution in [0.25, 0.3) is 0 Å². The van der Waals surface area contributed by atoms with Gasteiger partial charge in [-0.05, 0) is 49.3 Å². The lowest BCUT2D eigenvalue weighted by molar-refractivity contribution is -0.164. The average molecular weight is 420 g/mol. The molecule has 2 bridgehead atoms. The van der Waals surface area contributed by atoms with E-state index in [-0.39, 0.29) is 11.5 Å². The number of aryl methyl sites for hydroxylation is 1. The molecule has 1 aliphatic heterocycles. The largest absolute Gasteiger partial charge is 0.449 e. The minimum atomic E-state index is -0.408. The van der Waals surface area contributed by atoms with E-state index < -0.39 is 6.09 Å². The molecule has 1 fully saturated rings. The Bertz CT molecular complexity index is 911. The molecule has 0 aromatic heterocycles. The highest BCUT2D eigenvalue weighted by Crippen LogP contribution is 2.53. The number of amides is 1. The van der Waals surface area contributed by atoms with Crippen molar-refractivity contribution in [1.29, 1.82) is 0 Å². The van der Waals surface area contributed by atoms with Gasteiger partial charge in [0.25, 0.3) is 0 Å². The predicted octanol–water partition coefficient (Wildman–Crippen LogP) is 6.10. The second-order valence-electron chi connectivity index (χ2n) is 9.19. The number of allylic oxidation sites excluding steroid dienone is 1. The van der Waals surface area contributed by atoms with Gasteiger partial charge in [-0.25, -0.2) is 4.79 Å². The van der Waals surface area contributed by atoms with Gasteiger partial charge in [0, 0.05) is 17.0 Å². The highest BCUT2D eigenvalue weighted by Gasteiger charge is 2.54.